The van der Waals surface area contributed by atoms with Crippen LogP contribution in [0.2, 0.25) is 0 Å². The van der Waals surface area contributed by atoms with Gasteiger partial charge in [0.25, 0.3) is 0 Å². The van der Waals surface area contributed by atoms with Crippen molar-refractivity contribution in [3.63, 3.8) is 0 Å². The molecule has 1 aliphatic rings. The summed E-state index contributed by atoms with van der Waals surface area (Å²) in [6, 6.07) is 0. The second kappa shape index (κ2) is 4.99. The van der Waals surface area contributed by atoms with E-state index >= 15 is 0 Å². The molecule has 0 amide bonds. The van der Waals surface area contributed by atoms with Crippen molar-refractivity contribution in [1.82, 2.24) is 0 Å². The van der Waals surface area contributed by atoms with Crippen molar-refractivity contribution in [1.29, 1.82) is 0 Å². The lowest BCUT2D eigenvalue weighted by atomic mass is 9.60. The van der Waals surface area contributed by atoms with Crippen LogP contribution in [0.4, 0.5) is 0 Å². The van der Waals surface area contributed by atoms with Gasteiger partial charge < -0.3 is 0 Å². The summed E-state index contributed by atoms with van der Waals surface area (Å²) < 4.78 is 0. The molecule has 89 valence electrons. The summed E-state index contributed by atoms with van der Waals surface area (Å²) in [5.74, 6) is 1.10. The van der Waals surface area contributed by atoms with E-state index in [9.17, 15) is 4.79 Å². The van der Waals surface area contributed by atoms with Gasteiger partial charge in [-0.15, -0.1) is 0 Å². The molecule has 1 saturated carbocycles. The van der Waals surface area contributed by atoms with E-state index in [0.717, 1.165) is 18.4 Å². The molecule has 1 aliphatic carbocycles. The molecule has 3 atom stereocenters. The molecule has 1 radical (unpaired) electrons. The van der Waals surface area contributed by atoms with Gasteiger partial charge in [-0.05, 0) is 31.1 Å². The Morgan fingerprint density at radius 1 is 1.50 bits per heavy atom. The minimum absolute atomic E-state index is 0.000394. The Hall–Kier alpha value is -0.850. The molecule has 0 aromatic heterocycles. The first kappa shape index (κ1) is 13.2. The first-order valence-electron chi connectivity index (χ1n) is 6.09. The highest BCUT2D eigenvalue weighted by molar-refractivity contribution is 5.82. The molecule has 1 rings (SSSR count). The van der Waals surface area contributed by atoms with E-state index in [2.05, 4.69) is 39.8 Å². The van der Waals surface area contributed by atoms with E-state index in [4.69, 9.17) is 0 Å². The first-order valence-corrected chi connectivity index (χ1v) is 6.09. The van der Waals surface area contributed by atoms with Crippen molar-refractivity contribution in [3.05, 3.63) is 30.7 Å². The van der Waals surface area contributed by atoms with E-state index in [-0.39, 0.29) is 11.3 Å². The molecule has 0 aliphatic heterocycles. The smallest absolute Gasteiger partial charge is 0.136 e. The lowest BCUT2D eigenvalue weighted by Gasteiger charge is -2.43. The third kappa shape index (κ3) is 2.45. The van der Waals surface area contributed by atoms with Crippen LogP contribution >= 0.6 is 0 Å². The molecule has 16 heavy (non-hydrogen) atoms. The molecule has 0 spiro atoms. The zero-order chi connectivity index (χ0) is 12.3. The second-order valence-corrected chi connectivity index (χ2v) is 5.28. The number of hydrogen-bond acceptors (Lipinski definition) is 1. The van der Waals surface area contributed by atoms with Crippen molar-refractivity contribution in [2.45, 2.75) is 40.5 Å². The fourth-order valence-corrected chi connectivity index (χ4v) is 2.35. The number of rotatable bonds is 3. The lowest BCUT2D eigenvalue weighted by Crippen LogP contribution is -2.41. The predicted octanol–water partition coefficient (Wildman–Crippen LogP) is 3.96. The van der Waals surface area contributed by atoms with Crippen LogP contribution in [-0.4, -0.2) is 5.78 Å². The Bertz CT molecular complexity index is 313. The maximum absolute atomic E-state index is 11.8. The van der Waals surface area contributed by atoms with Crippen molar-refractivity contribution in [2.75, 3.05) is 0 Å². The Kier molecular flexibility index (Phi) is 4.12. The van der Waals surface area contributed by atoms with Crippen LogP contribution in [0.25, 0.3) is 0 Å². The fraction of sp³-hybridized carbons (Fsp3) is 0.600. The standard InChI is InChI=1S/C15H23O/c1-6-11(2)9-10-15(5)12(3)7-8-14(16)13(15)4/h6,9-10,12-13H,1,7-8H2,2-5H3/t12-,13+,15+/m0/s1. The van der Waals surface area contributed by atoms with E-state index in [1.54, 1.807) is 0 Å². The molecule has 0 heterocycles. The quantitative estimate of drug-likeness (QED) is 0.656. The topological polar surface area (TPSA) is 17.1 Å². The molecule has 1 nitrogen and oxygen atoms in total. The molecular weight excluding hydrogens is 196 g/mol. The monoisotopic (exact) mass is 219 g/mol. The van der Waals surface area contributed by atoms with Gasteiger partial charge in [-0.3, -0.25) is 4.79 Å². The molecule has 0 aromatic carbocycles. The maximum atomic E-state index is 11.8. The van der Waals surface area contributed by atoms with Crippen LogP contribution in [-0.2, 0) is 4.79 Å². The van der Waals surface area contributed by atoms with Crippen LogP contribution in [0.15, 0.2) is 24.3 Å². The summed E-state index contributed by atoms with van der Waals surface area (Å²) in [6.07, 6.45) is 7.90. The molecule has 0 N–H and O–H groups in total. The van der Waals surface area contributed by atoms with Gasteiger partial charge in [0.15, 0.2) is 0 Å². The third-order valence-electron chi connectivity index (χ3n) is 4.33. The van der Waals surface area contributed by atoms with E-state index < -0.39 is 0 Å². The van der Waals surface area contributed by atoms with Gasteiger partial charge in [0, 0.05) is 12.3 Å². The minimum atomic E-state index is -0.000394. The SMILES string of the molecule is C=CC(C)=C[CH][C@@]1(C)[C@H](C)C(=O)CC[C@@H]1C. The normalized spacial score (nSPS) is 36.2. The molecule has 1 heteroatoms. The molecule has 0 unspecified atom stereocenters. The Morgan fingerprint density at radius 2 is 2.12 bits per heavy atom. The molecule has 1 fully saturated rings. The Morgan fingerprint density at radius 3 is 2.69 bits per heavy atom. The predicted molar refractivity (Wildman–Crippen MR) is 68.9 cm³/mol. The minimum Gasteiger partial charge on any atom is -0.299 e. The van der Waals surface area contributed by atoms with Crippen LogP contribution in [0.1, 0.15) is 40.5 Å². The highest BCUT2D eigenvalue weighted by atomic mass is 16.1. The van der Waals surface area contributed by atoms with Gasteiger partial charge >= 0.3 is 0 Å². The van der Waals surface area contributed by atoms with Crippen LogP contribution in [0.5, 0.6) is 0 Å². The number of ketones is 1. The highest BCUT2D eigenvalue weighted by Crippen LogP contribution is 2.45. The van der Waals surface area contributed by atoms with Gasteiger partial charge in [-0.1, -0.05) is 45.1 Å². The summed E-state index contributed by atoms with van der Waals surface area (Å²) in [6.45, 7) is 12.3. The van der Waals surface area contributed by atoms with Crippen molar-refractivity contribution in [3.8, 4) is 0 Å². The molecule has 0 saturated heterocycles. The lowest BCUT2D eigenvalue weighted by molar-refractivity contribution is -0.130. The van der Waals surface area contributed by atoms with Crippen LogP contribution in [0, 0.1) is 23.7 Å². The first-order chi connectivity index (χ1) is 7.41. The fourth-order valence-electron chi connectivity index (χ4n) is 2.35. The van der Waals surface area contributed by atoms with Gasteiger partial charge in [-0.2, -0.15) is 0 Å². The number of hydrogen-bond donors (Lipinski definition) is 0. The van der Waals surface area contributed by atoms with Gasteiger partial charge in [0.1, 0.15) is 5.78 Å². The van der Waals surface area contributed by atoms with E-state index in [1.165, 1.54) is 0 Å². The number of allylic oxidation sites excluding steroid dienone is 3. The zero-order valence-corrected chi connectivity index (χ0v) is 10.9. The van der Waals surface area contributed by atoms with Gasteiger partial charge in [0.05, 0.1) is 0 Å². The number of carbonyl (C=O) groups excluding carboxylic acids is 1. The molecule has 0 bridgehead atoms. The largest absolute Gasteiger partial charge is 0.299 e. The highest BCUT2D eigenvalue weighted by Gasteiger charge is 2.42. The summed E-state index contributed by atoms with van der Waals surface area (Å²) in [4.78, 5) is 11.8. The number of Topliss-reactive ketones (excluding diaryl/α,β-unsaturated/α-hetero) is 1. The average Bonchev–Trinajstić information content (AvgIpc) is 2.29. The molecular formula is C15H23O. The van der Waals surface area contributed by atoms with Crippen molar-refractivity contribution >= 4 is 5.78 Å². The Balaban J connectivity index is 2.86. The summed E-state index contributed by atoms with van der Waals surface area (Å²) in [5.41, 5.74) is 1.15. The van der Waals surface area contributed by atoms with E-state index in [1.807, 2.05) is 13.0 Å². The van der Waals surface area contributed by atoms with Crippen LogP contribution in [0.3, 0.4) is 0 Å². The number of carbonyl (C=O) groups is 1. The van der Waals surface area contributed by atoms with Gasteiger partial charge in [0.2, 0.25) is 0 Å². The van der Waals surface area contributed by atoms with Gasteiger partial charge in [-0.25, -0.2) is 0 Å². The average molecular weight is 219 g/mol. The third-order valence-corrected chi connectivity index (χ3v) is 4.33. The summed E-state index contributed by atoms with van der Waals surface area (Å²) in [5, 5.41) is 0. The van der Waals surface area contributed by atoms with Crippen molar-refractivity contribution in [2.24, 2.45) is 17.3 Å². The molecule has 0 aromatic rings. The zero-order valence-electron chi connectivity index (χ0n) is 10.9. The van der Waals surface area contributed by atoms with E-state index in [0.29, 0.717) is 11.7 Å². The van der Waals surface area contributed by atoms with Crippen molar-refractivity contribution < 1.29 is 4.79 Å². The maximum Gasteiger partial charge on any atom is 0.136 e. The summed E-state index contributed by atoms with van der Waals surface area (Å²) >= 11 is 0. The Labute approximate surface area is 99.6 Å². The summed E-state index contributed by atoms with van der Waals surface area (Å²) in [7, 11) is 0. The van der Waals surface area contributed by atoms with Crippen LogP contribution < -0.4 is 0 Å². The second-order valence-electron chi connectivity index (χ2n) is 5.28.